The van der Waals surface area contributed by atoms with Crippen LogP contribution in [0.1, 0.15) is 60.9 Å². The van der Waals surface area contributed by atoms with Crippen molar-refractivity contribution in [1.29, 1.82) is 0 Å². The first kappa shape index (κ1) is 30.6. The molecule has 4 aromatic carbocycles. The summed E-state index contributed by atoms with van der Waals surface area (Å²) in [6.07, 6.45) is 5.08. The highest BCUT2D eigenvalue weighted by atomic mass is 35.5. The van der Waals surface area contributed by atoms with E-state index in [1.54, 1.807) is 66.7 Å². The van der Waals surface area contributed by atoms with Crippen molar-refractivity contribution in [2.24, 2.45) is 7.05 Å². The van der Waals surface area contributed by atoms with Crippen molar-refractivity contribution in [1.82, 2.24) is 4.57 Å². The average Bonchev–Trinajstić information content (AvgIpc) is 3.28. The zero-order chi connectivity index (χ0) is 30.6. The Hall–Kier alpha value is -3.87. The number of nitrogens with zero attached hydrogens (tertiary/aromatic N) is 2. The Kier molecular flexibility index (Phi) is 9.38. The Bertz CT molecular complexity index is 1810. The maximum atomic E-state index is 15.1. The Labute approximate surface area is 259 Å². The van der Waals surface area contributed by atoms with Gasteiger partial charge in [0.2, 0.25) is 0 Å². The quantitative estimate of drug-likeness (QED) is 0.140. The van der Waals surface area contributed by atoms with E-state index in [2.05, 4.69) is 17.6 Å². The number of para-hydroxylation sites is 2. The fourth-order valence-corrected chi connectivity index (χ4v) is 7.35. The average molecular weight is 613 g/mol. The summed E-state index contributed by atoms with van der Waals surface area (Å²) in [6.45, 7) is 4.08. The summed E-state index contributed by atoms with van der Waals surface area (Å²) >= 11 is 6.30. The summed E-state index contributed by atoms with van der Waals surface area (Å²) in [5, 5.41) is 1.48. The van der Waals surface area contributed by atoms with E-state index in [0.29, 0.717) is 10.6 Å². The fourth-order valence-electron chi connectivity index (χ4n) is 5.79. The number of carbonyl (C=O) groups excluding carboxylic acids is 1. The van der Waals surface area contributed by atoms with Crippen LogP contribution in [0.25, 0.3) is 10.9 Å². The van der Waals surface area contributed by atoms with Crippen LogP contribution in [0.3, 0.4) is 0 Å². The van der Waals surface area contributed by atoms with Crippen molar-refractivity contribution in [3.05, 3.63) is 131 Å². The van der Waals surface area contributed by atoms with E-state index in [1.807, 2.05) is 44.3 Å². The minimum Gasteiger partial charge on any atom is -0.347 e. The van der Waals surface area contributed by atoms with Crippen LogP contribution >= 0.6 is 11.6 Å². The minimum atomic E-state index is -4.27. The number of carbonyl (C=O) groups is 1. The van der Waals surface area contributed by atoms with E-state index in [1.165, 1.54) is 0 Å². The van der Waals surface area contributed by atoms with Crippen LogP contribution < -0.4 is 4.31 Å². The maximum Gasteiger partial charge on any atom is 0.270 e. The van der Waals surface area contributed by atoms with Crippen molar-refractivity contribution in [2.45, 2.75) is 56.8 Å². The highest BCUT2D eigenvalue weighted by Gasteiger charge is 2.39. The lowest BCUT2D eigenvalue weighted by Gasteiger charge is -2.28. The first-order valence-corrected chi connectivity index (χ1v) is 16.6. The Morgan fingerprint density at radius 3 is 2.16 bits per heavy atom. The van der Waals surface area contributed by atoms with Gasteiger partial charge in [0.1, 0.15) is 0 Å². The van der Waals surface area contributed by atoms with Crippen molar-refractivity contribution < 1.29 is 13.2 Å². The lowest BCUT2D eigenvalue weighted by molar-refractivity contribution is -0.118. The van der Waals surface area contributed by atoms with Crippen molar-refractivity contribution in [2.75, 3.05) is 4.31 Å². The summed E-state index contributed by atoms with van der Waals surface area (Å²) < 4.78 is 31.9. The molecule has 0 radical (unpaired) electrons. The molecule has 0 saturated heterocycles. The number of hydrogen-bond donors (Lipinski definition) is 0. The van der Waals surface area contributed by atoms with Gasteiger partial charge in [-0.2, -0.15) is 0 Å². The largest absolute Gasteiger partial charge is 0.347 e. The number of unbranched alkanes of at least 4 members (excludes halogenated alkanes) is 3. The third-order valence-corrected chi connectivity index (χ3v) is 10.0. The van der Waals surface area contributed by atoms with Gasteiger partial charge in [-0.3, -0.25) is 4.79 Å². The van der Waals surface area contributed by atoms with Crippen LogP contribution in [-0.2, 0) is 28.3 Å². The fraction of sp³-hybridized carbons (Fsp3) is 0.250. The molecule has 0 saturated carbocycles. The highest BCUT2D eigenvalue weighted by molar-refractivity contribution is 7.93. The summed E-state index contributed by atoms with van der Waals surface area (Å²) in [5.74, 6) is -1.44. The molecule has 0 bridgehead atoms. The number of hydrogen-bond acceptors (Lipinski definition) is 3. The Morgan fingerprint density at radius 2 is 1.49 bits per heavy atom. The monoisotopic (exact) mass is 612 g/mol. The van der Waals surface area contributed by atoms with Gasteiger partial charge in [0.25, 0.3) is 15.9 Å². The molecule has 0 N–H and O–H groups in total. The summed E-state index contributed by atoms with van der Waals surface area (Å²) in [6, 6.07) is 30.4. The first-order chi connectivity index (χ1) is 20.7. The second-order valence-corrected chi connectivity index (χ2v) is 13.2. The lowest BCUT2D eigenvalue weighted by Crippen LogP contribution is -2.40. The number of sulfonamides is 1. The molecule has 0 aliphatic carbocycles. The van der Waals surface area contributed by atoms with Crippen LogP contribution in [-0.4, -0.2) is 18.9 Å². The molecule has 7 heteroatoms. The van der Waals surface area contributed by atoms with E-state index < -0.39 is 21.8 Å². The van der Waals surface area contributed by atoms with Crippen molar-refractivity contribution >= 4 is 44.1 Å². The lowest BCUT2D eigenvalue weighted by atomic mass is 9.87. The molecule has 0 aliphatic heterocycles. The third kappa shape index (κ3) is 6.27. The van der Waals surface area contributed by atoms with Crippen LogP contribution in [0.4, 0.5) is 5.69 Å². The van der Waals surface area contributed by atoms with Crippen LogP contribution in [0.15, 0.2) is 108 Å². The molecule has 222 valence electrons. The molecule has 1 atom stereocenters. The van der Waals surface area contributed by atoms with E-state index in [4.69, 9.17) is 11.6 Å². The SMILES string of the molecule is CCCCCCc1c(C(C(=O)N(c2ccccc2)S(=O)(=O)c2ccc(C)cc2)c2ccc(Cl)cc2)c2ccccc2n1C. The number of benzene rings is 4. The number of rotatable bonds is 11. The molecule has 1 aromatic heterocycles. The van der Waals surface area contributed by atoms with Gasteiger partial charge in [0.05, 0.1) is 16.5 Å². The van der Waals surface area contributed by atoms with Gasteiger partial charge in [0, 0.05) is 28.7 Å². The van der Waals surface area contributed by atoms with Gasteiger partial charge in [-0.1, -0.05) is 104 Å². The predicted octanol–water partition coefficient (Wildman–Crippen LogP) is 8.82. The van der Waals surface area contributed by atoms with Crippen LogP contribution in [0, 0.1) is 6.92 Å². The van der Waals surface area contributed by atoms with Crippen molar-refractivity contribution in [3.8, 4) is 0 Å². The molecule has 5 nitrogen and oxygen atoms in total. The molecule has 1 unspecified atom stereocenters. The molecule has 0 fully saturated rings. The number of anilines is 1. The van der Waals surface area contributed by atoms with E-state index in [0.717, 1.165) is 64.1 Å². The predicted molar refractivity (Wildman–Crippen MR) is 176 cm³/mol. The van der Waals surface area contributed by atoms with Gasteiger partial charge in [-0.05, 0) is 73.4 Å². The molecule has 5 rings (SSSR count). The second kappa shape index (κ2) is 13.2. The normalized spacial score (nSPS) is 12.4. The molecular formula is C36H37ClN2O3S. The number of halogens is 1. The highest BCUT2D eigenvalue weighted by Crippen LogP contribution is 2.40. The zero-order valence-electron chi connectivity index (χ0n) is 24.8. The number of fused-ring (bicyclic) bond motifs is 1. The molecule has 0 spiro atoms. The van der Waals surface area contributed by atoms with Gasteiger partial charge in [-0.15, -0.1) is 0 Å². The van der Waals surface area contributed by atoms with E-state index in [-0.39, 0.29) is 10.6 Å². The molecule has 0 aliphatic rings. The molecule has 43 heavy (non-hydrogen) atoms. The summed E-state index contributed by atoms with van der Waals surface area (Å²) in [7, 11) is -2.24. The van der Waals surface area contributed by atoms with Crippen LogP contribution in [0.2, 0.25) is 5.02 Å². The van der Waals surface area contributed by atoms with Crippen molar-refractivity contribution in [3.63, 3.8) is 0 Å². The molecule has 5 aromatic rings. The topological polar surface area (TPSA) is 59.4 Å². The minimum absolute atomic E-state index is 0.0582. The van der Waals surface area contributed by atoms with E-state index in [9.17, 15) is 8.42 Å². The zero-order valence-corrected chi connectivity index (χ0v) is 26.4. The number of aryl methyl sites for hydroxylation is 2. The summed E-state index contributed by atoms with van der Waals surface area (Å²) in [5.41, 5.74) is 4.77. The molecule has 1 amide bonds. The van der Waals surface area contributed by atoms with Gasteiger partial charge in [-0.25, -0.2) is 12.7 Å². The van der Waals surface area contributed by atoms with Crippen LogP contribution in [0.5, 0.6) is 0 Å². The van der Waals surface area contributed by atoms with Gasteiger partial charge >= 0.3 is 0 Å². The smallest absolute Gasteiger partial charge is 0.270 e. The first-order valence-electron chi connectivity index (χ1n) is 14.8. The Morgan fingerprint density at radius 1 is 0.837 bits per heavy atom. The summed E-state index contributed by atoms with van der Waals surface area (Å²) in [4.78, 5) is 15.2. The third-order valence-electron chi connectivity index (χ3n) is 8.03. The standard InChI is InChI=1S/C36H37ClN2O3S/c1-4-5-6-10-17-33-35(31-15-11-12-16-32(31)38(33)3)34(27-20-22-28(37)23-21-27)36(40)39(29-13-8-7-9-14-29)43(41,42)30-24-18-26(2)19-25-30/h7-9,11-16,18-25,34H,4-6,10,17H2,1-3H3. The Balaban J connectivity index is 1.76. The second-order valence-electron chi connectivity index (χ2n) is 11.0. The maximum absolute atomic E-state index is 15.1. The number of aromatic nitrogens is 1. The van der Waals surface area contributed by atoms with E-state index >= 15 is 4.79 Å². The molecule has 1 heterocycles. The van der Waals surface area contributed by atoms with Gasteiger partial charge in [0.15, 0.2) is 0 Å². The number of amides is 1. The van der Waals surface area contributed by atoms with Gasteiger partial charge < -0.3 is 4.57 Å². The molecular weight excluding hydrogens is 576 g/mol.